The summed E-state index contributed by atoms with van der Waals surface area (Å²) < 4.78 is 30.7. The van der Waals surface area contributed by atoms with Crippen LogP contribution in [0.25, 0.3) is 22.4 Å². The van der Waals surface area contributed by atoms with E-state index < -0.39 is 15.8 Å². The predicted octanol–water partition coefficient (Wildman–Crippen LogP) is 2.28. The van der Waals surface area contributed by atoms with Gasteiger partial charge in [-0.15, -0.1) is 0 Å². The van der Waals surface area contributed by atoms with Gasteiger partial charge in [-0.1, -0.05) is 0 Å². The molecule has 150 valence electrons. The molecule has 3 heterocycles. The quantitative estimate of drug-likeness (QED) is 0.683. The lowest BCUT2D eigenvalue weighted by atomic mass is 10.1. The zero-order valence-corrected chi connectivity index (χ0v) is 16.4. The number of aromatic nitrogens is 4. The van der Waals surface area contributed by atoms with Crippen LogP contribution in [0.15, 0.2) is 30.6 Å². The van der Waals surface area contributed by atoms with E-state index >= 15 is 0 Å². The monoisotopic (exact) mass is 406 g/mol. The second-order valence-corrected chi connectivity index (χ2v) is 8.85. The first kappa shape index (κ1) is 19.9. The van der Waals surface area contributed by atoms with Crippen molar-refractivity contribution in [1.82, 2.24) is 19.7 Å². The fourth-order valence-corrected chi connectivity index (χ4v) is 4.70. The molecule has 2 N–H and O–H groups in total. The van der Waals surface area contributed by atoms with Crippen LogP contribution < -0.4 is 4.74 Å². The number of hydrogen-bond acceptors (Lipinski definition) is 6. The van der Waals surface area contributed by atoms with Gasteiger partial charge in [0, 0.05) is 30.7 Å². The zero-order valence-electron chi connectivity index (χ0n) is 15.6. The van der Waals surface area contributed by atoms with Gasteiger partial charge in [-0.25, -0.2) is 13.4 Å². The molecule has 1 aliphatic rings. The van der Waals surface area contributed by atoms with E-state index in [2.05, 4.69) is 15.2 Å². The third-order valence-corrected chi connectivity index (χ3v) is 6.28. The molecule has 3 aromatic rings. The molecule has 1 saturated heterocycles. The minimum absolute atomic E-state index is 0.128. The van der Waals surface area contributed by atoms with Crippen LogP contribution in [0.1, 0.15) is 25.8 Å². The maximum atomic E-state index is 11.7. The van der Waals surface area contributed by atoms with Crippen molar-refractivity contribution in [2.45, 2.75) is 25.8 Å². The number of imidazole rings is 1. The van der Waals surface area contributed by atoms with Crippen LogP contribution in [0, 0.1) is 0 Å². The lowest BCUT2D eigenvalue weighted by Gasteiger charge is -2.24. The van der Waals surface area contributed by atoms with Crippen LogP contribution in [-0.2, 0) is 14.6 Å². The molecule has 0 bridgehead atoms. The number of sulfone groups is 1. The number of carboxylic acids is 1. The number of H-pyrrole nitrogens is 1. The van der Waals surface area contributed by atoms with Gasteiger partial charge in [0.25, 0.3) is 5.97 Å². The Hall–Kier alpha value is -2.88. The lowest BCUT2D eigenvalue weighted by molar-refractivity contribution is -0.134. The molecule has 1 fully saturated rings. The van der Waals surface area contributed by atoms with Crippen molar-refractivity contribution >= 4 is 26.7 Å². The highest BCUT2D eigenvalue weighted by Gasteiger charge is 2.27. The van der Waals surface area contributed by atoms with Crippen LogP contribution in [-0.4, -0.2) is 57.9 Å². The molecule has 0 aliphatic carbocycles. The van der Waals surface area contributed by atoms with Crippen LogP contribution in [0.4, 0.5) is 0 Å². The molecule has 4 rings (SSSR count). The number of carboxylic acid groups (broad SMARTS) is 1. The molecule has 0 saturated carbocycles. The summed E-state index contributed by atoms with van der Waals surface area (Å²) in [5.41, 5.74) is 1.66. The van der Waals surface area contributed by atoms with Crippen LogP contribution in [0.2, 0.25) is 0 Å². The Morgan fingerprint density at radius 1 is 1.32 bits per heavy atom. The summed E-state index contributed by atoms with van der Waals surface area (Å²) in [5, 5.41) is 15.8. The molecule has 9 nitrogen and oxygen atoms in total. The summed E-state index contributed by atoms with van der Waals surface area (Å²) in [7, 11) is -1.26. The minimum Gasteiger partial charge on any atom is -0.497 e. The third-order valence-electron chi connectivity index (χ3n) is 4.57. The Morgan fingerprint density at radius 3 is 2.64 bits per heavy atom. The van der Waals surface area contributed by atoms with E-state index in [9.17, 15) is 8.42 Å². The Kier molecular flexibility index (Phi) is 5.68. The van der Waals surface area contributed by atoms with E-state index in [1.54, 1.807) is 13.3 Å². The van der Waals surface area contributed by atoms with Crippen molar-refractivity contribution in [2.75, 3.05) is 18.6 Å². The lowest BCUT2D eigenvalue weighted by Crippen LogP contribution is -2.25. The number of methoxy groups -OCH3 is 1. The van der Waals surface area contributed by atoms with Gasteiger partial charge < -0.3 is 14.4 Å². The molecule has 0 amide bonds. The molecule has 0 radical (unpaired) electrons. The fourth-order valence-electron chi connectivity index (χ4n) is 3.24. The molecular weight excluding hydrogens is 384 g/mol. The highest BCUT2D eigenvalue weighted by Crippen LogP contribution is 2.32. The topological polar surface area (TPSA) is 127 Å². The van der Waals surface area contributed by atoms with Crippen molar-refractivity contribution in [2.24, 2.45) is 0 Å². The molecular formula is C18H22N4O5S. The third kappa shape index (κ3) is 4.33. The van der Waals surface area contributed by atoms with Crippen LogP contribution >= 0.6 is 0 Å². The number of benzene rings is 1. The van der Waals surface area contributed by atoms with E-state index in [1.807, 2.05) is 29.0 Å². The summed E-state index contributed by atoms with van der Waals surface area (Å²) in [4.78, 5) is 13.5. The fraction of sp³-hybridized carbons (Fsp3) is 0.389. The Labute approximate surface area is 162 Å². The average molecular weight is 406 g/mol. The molecule has 10 heteroatoms. The smallest absolute Gasteiger partial charge is 0.300 e. The Balaban J connectivity index is 0.000000516. The molecule has 28 heavy (non-hydrogen) atoms. The number of hydrogen-bond donors (Lipinski definition) is 2. The average Bonchev–Trinajstić information content (AvgIpc) is 3.27. The van der Waals surface area contributed by atoms with Gasteiger partial charge in [0.1, 0.15) is 21.3 Å². The van der Waals surface area contributed by atoms with E-state index in [1.165, 1.54) is 0 Å². The van der Waals surface area contributed by atoms with Gasteiger partial charge in [0.15, 0.2) is 5.82 Å². The van der Waals surface area contributed by atoms with Gasteiger partial charge >= 0.3 is 0 Å². The van der Waals surface area contributed by atoms with Gasteiger partial charge in [0.2, 0.25) is 0 Å². The van der Waals surface area contributed by atoms with E-state index in [-0.39, 0.29) is 17.5 Å². The summed E-state index contributed by atoms with van der Waals surface area (Å²) in [6.45, 7) is 1.08. The largest absolute Gasteiger partial charge is 0.497 e. The summed E-state index contributed by atoms with van der Waals surface area (Å²) >= 11 is 0. The van der Waals surface area contributed by atoms with Crippen LogP contribution in [0.3, 0.4) is 0 Å². The second-order valence-electron chi connectivity index (χ2n) is 6.54. The van der Waals surface area contributed by atoms with Gasteiger partial charge in [-0.05, 0) is 31.0 Å². The zero-order chi connectivity index (χ0) is 20.3. The number of aliphatic carboxylic acids is 1. The Bertz CT molecular complexity index is 1070. The van der Waals surface area contributed by atoms with E-state index in [0.29, 0.717) is 12.8 Å². The van der Waals surface area contributed by atoms with Gasteiger partial charge in [0.05, 0.1) is 24.1 Å². The van der Waals surface area contributed by atoms with Gasteiger partial charge in [-0.3, -0.25) is 9.89 Å². The standard InChI is InChI=1S/C16H18N4O3S.C2H4O2/c1-23-12-2-3-14-13(10-12)15(19-18-14)16-17-6-7-20(16)11-4-8-24(21,22)9-5-11;1-2(3)4/h2-3,6-7,10-11H,4-5,8-9H2,1H3,(H,18,19);1H3,(H,3,4). The number of nitrogens with one attached hydrogen (secondary N) is 1. The second kappa shape index (κ2) is 8.01. The number of nitrogens with zero attached hydrogens (tertiary/aromatic N) is 3. The van der Waals surface area contributed by atoms with Crippen molar-refractivity contribution < 1.29 is 23.1 Å². The van der Waals surface area contributed by atoms with Gasteiger partial charge in [-0.2, -0.15) is 5.10 Å². The first-order valence-corrected chi connectivity index (χ1v) is 10.6. The minimum atomic E-state index is -2.89. The molecule has 1 aliphatic heterocycles. The Morgan fingerprint density at radius 2 is 2.00 bits per heavy atom. The maximum absolute atomic E-state index is 11.7. The van der Waals surface area contributed by atoms with E-state index in [0.717, 1.165) is 35.1 Å². The van der Waals surface area contributed by atoms with Crippen LogP contribution in [0.5, 0.6) is 5.75 Å². The van der Waals surface area contributed by atoms with Crippen molar-refractivity contribution in [3.05, 3.63) is 30.6 Å². The van der Waals surface area contributed by atoms with Crippen molar-refractivity contribution in [3.8, 4) is 17.3 Å². The highest BCUT2D eigenvalue weighted by molar-refractivity contribution is 7.91. The summed E-state index contributed by atoms with van der Waals surface area (Å²) in [6, 6.07) is 5.86. The first-order valence-electron chi connectivity index (χ1n) is 8.76. The van der Waals surface area contributed by atoms with Crippen molar-refractivity contribution in [3.63, 3.8) is 0 Å². The predicted molar refractivity (Wildman–Crippen MR) is 104 cm³/mol. The normalized spacial score (nSPS) is 16.4. The number of aromatic amines is 1. The SMILES string of the molecule is CC(=O)O.COc1ccc2[nH]nc(-c3nccn3C3CCS(=O)(=O)CC3)c2c1. The summed E-state index contributed by atoms with van der Waals surface area (Å²) in [5.74, 6) is 1.13. The molecule has 0 unspecified atom stereocenters. The first-order chi connectivity index (χ1) is 13.3. The molecule has 0 spiro atoms. The molecule has 2 aromatic heterocycles. The number of carbonyl (C=O) groups is 1. The maximum Gasteiger partial charge on any atom is 0.300 e. The number of ether oxygens (including phenoxy) is 1. The van der Waals surface area contributed by atoms with E-state index in [4.69, 9.17) is 14.6 Å². The number of rotatable bonds is 3. The summed E-state index contributed by atoms with van der Waals surface area (Å²) in [6.07, 6.45) is 4.85. The van der Waals surface area contributed by atoms with Crippen molar-refractivity contribution in [1.29, 1.82) is 0 Å². The number of fused-ring (bicyclic) bond motifs is 1. The highest BCUT2D eigenvalue weighted by atomic mass is 32.2. The molecule has 1 aromatic carbocycles. The molecule has 0 atom stereocenters.